The molecule has 1 aromatic heterocycles. The third kappa shape index (κ3) is 4.32. The van der Waals surface area contributed by atoms with Crippen LogP contribution in [0.25, 0.3) is 11.1 Å². The molecule has 34 heavy (non-hydrogen) atoms. The second-order valence-corrected chi connectivity index (χ2v) is 10.5. The van der Waals surface area contributed by atoms with Crippen LogP contribution in [0.4, 0.5) is 10.3 Å². The van der Waals surface area contributed by atoms with E-state index in [1.807, 2.05) is 12.4 Å². The summed E-state index contributed by atoms with van der Waals surface area (Å²) in [5, 5.41) is 0. The predicted molar refractivity (Wildman–Crippen MR) is 126 cm³/mol. The van der Waals surface area contributed by atoms with Gasteiger partial charge in [0.05, 0.1) is 6.61 Å². The van der Waals surface area contributed by atoms with Crippen LogP contribution in [0.3, 0.4) is 0 Å². The van der Waals surface area contributed by atoms with Gasteiger partial charge in [-0.3, -0.25) is 0 Å². The first-order chi connectivity index (χ1) is 16.5. The number of para-hydroxylation sites is 1. The van der Waals surface area contributed by atoms with Gasteiger partial charge in [0.15, 0.2) is 17.5 Å². The van der Waals surface area contributed by atoms with Crippen molar-refractivity contribution in [1.82, 2.24) is 9.97 Å². The number of rotatable bonds is 6. The number of hydrogen-bond donors (Lipinski definition) is 0. The van der Waals surface area contributed by atoms with E-state index in [0.29, 0.717) is 17.7 Å². The van der Waals surface area contributed by atoms with E-state index in [2.05, 4.69) is 21.8 Å². The monoisotopic (exact) mass is 483 g/mol. The average molecular weight is 484 g/mol. The molecule has 2 aliphatic rings. The molecule has 0 atom stereocenters. The first-order valence-corrected chi connectivity index (χ1v) is 13.1. The summed E-state index contributed by atoms with van der Waals surface area (Å²) in [6, 6.07) is 9.54. The lowest BCUT2D eigenvalue weighted by atomic mass is 9.98. The molecule has 0 aliphatic carbocycles. The molecular weight excluding hydrogens is 457 g/mol. The van der Waals surface area contributed by atoms with E-state index < -0.39 is 21.6 Å². The molecule has 0 N–H and O–H groups in total. The number of hydrogen-bond acceptors (Lipinski definition) is 7. The fraction of sp³-hybridized carbons (Fsp3) is 0.360. The largest absolute Gasteiger partial charge is 0.490 e. The van der Waals surface area contributed by atoms with Crippen molar-refractivity contribution in [2.75, 3.05) is 30.5 Å². The van der Waals surface area contributed by atoms with Gasteiger partial charge >= 0.3 is 0 Å². The smallest absolute Gasteiger partial charge is 0.225 e. The SMILES string of the molecule is CCc1cnc(N2CCC(COc3c(F)cccc3-c3cccc4c3S(=O)(=O)CO4)CC2)nc1. The lowest BCUT2D eigenvalue weighted by Crippen LogP contribution is -2.36. The van der Waals surface area contributed by atoms with Gasteiger partial charge in [0, 0.05) is 36.6 Å². The molecule has 9 heteroatoms. The number of aromatic nitrogens is 2. The van der Waals surface area contributed by atoms with Gasteiger partial charge in [-0.05, 0) is 42.9 Å². The van der Waals surface area contributed by atoms with Gasteiger partial charge in [-0.1, -0.05) is 31.2 Å². The topological polar surface area (TPSA) is 81.6 Å². The molecule has 1 fully saturated rings. The lowest BCUT2D eigenvalue weighted by Gasteiger charge is -2.32. The number of aryl methyl sites for hydroxylation is 1. The molecule has 2 aromatic carbocycles. The predicted octanol–water partition coefficient (Wildman–Crippen LogP) is 4.26. The zero-order valence-corrected chi connectivity index (χ0v) is 19.7. The molecule has 7 nitrogen and oxygen atoms in total. The summed E-state index contributed by atoms with van der Waals surface area (Å²) in [5.41, 5.74) is 1.91. The minimum absolute atomic E-state index is 0.0684. The van der Waals surface area contributed by atoms with Gasteiger partial charge in [-0.15, -0.1) is 0 Å². The normalized spacial score (nSPS) is 17.3. The molecule has 0 amide bonds. The quantitative estimate of drug-likeness (QED) is 0.518. The van der Waals surface area contributed by atoms with E-state index in [0.717, 1.165) is 43.9 Å². The highest BCUT2D eigenvalue weighted by atomic mass is 32.2. The Morgan fingerprint density at radius 3 is 2.53 bits per heavy atom. The van der Waals surface area contributed by atoms with Gasteiger partial charge in [0.2, 0.25) is 15.8 Å². The van der Waals surface area contributed by atoms with E-state index >= 15 is 0 Å². The number of sulfone groups is 1. The number of halogens is 1. The number of ether oxygens (including phenoxy) is 2. The minimum Gasteiger partial charge on any atom is -0.490 e. The summed E-state index contributed by atoms with van der Waals surface area (Å²) < 4.78 is 51.3. The number of nitrogens with zero attached hydrogens (tertiary/aromatic N) is 3. The molecule has 0 unspecified atom stereocenters. The Balaban J connectivity index is 1.30. The van der Waals surface area contributed by atoms with Crippen LogP contribution in [0.5, 0.6) is 11.5 Å². The van der Waals surface area contributed by atoms with Crippen LogP contribution in [-0.4, -0.2) is 44.0 Å². The first kappa shape index (κ1) is 22.6. The number of anilines is 1. The van der Waals surface area contributed by atoms with E-state index in [-0.39, 0.29) is 22.3 Å². The first-order valence-electron chi connectivity index (χ1n) is 11.4. The number of fused-ring (bicyclic) bond motifs is 1. The molecule has 1 saturated heterocycles. The van der Waals surface area contributed by atoms with Crippen LogP contribution in [0, 0.1) is 11.7 Å². The standard InChI is InChI=1S/C25H26FN3O4S/c1-2-17-13-27-25(28-14-17)29-11-9-18(10-12-29)15-32-23-19(5-3-7-21(23)26)20-6-4-8-22-24(20)34(30,31)16-33-22/h3-8,13-14,18H,2,9-12,15-16H2,1H3. The van der Waals surface area contributed by atoms with E-state index in [1.165, 1.54) is 6.07 Å². The highest BCUT2D eigenvalue weighted by Crippen LogP contribution is 2.43. The summed E-state index contributed by atoms with van der Waals surface area (Å²) >= 11 is 0. The van der Waals surface area contributed by atoms with Crippen molar-refractivity contribution >= 4 is 15.8 Å². The number of piperidine rings is 1. The van der Waals surface area contributed by atoms with Crippen molar-refractivity contribution in [2.45, 2.75) is 31.1 Å². The van der Waals surface area contributed by atoms with Crippen LogP contribution in [0.2, 0.25) is 0 Å². The molecule has 0 bridgehead atoms. The van der Waals surface area contributed by atoms with Crippen molar-refractivity contribution in [2.24, 2.45) is 5.92 Å². The van der Waals surface area contributed by atoms with Crippen LogP contribution >= 0.6 is 0 Å². The molecule has 3 heterocycles. The Kier molecular flexibility index (Phi) is 6.12. The highest BCUT2D eigenvalue weighted by Gasteiger charge is 2.33. The van der Waals surface area contributed by atoms with Crippen LogP contribution < -0.4 is 14.4 Å². The van der Waals surface area contributed by atoms with Crippen molar-refractivity contribution in [3.05, 3.63) is 60.2 Å². The van der Waals surface area contributed by atoms with Gasteiger partial charge < -0.3 is 14.4 Å². The van der Waals surface area contributed by atoms with Crippen molar-refractivity contribution in [3.8, 4) is 22.6 Å². The molecule has 0 radical (unpaired) electrons. The summed E-state index contributed by atoms with van der Waals surface area (Å²) in [7, 11) is -3.60. The Bertz CT molecular complexity index is 1290. The lowest BCUT2D eigenvalue weighted by molar-refractivity contribution is 0.216. The van der Waals surface area contributed by atoms with Crippen molar-refractivity contribution in [3.63, 3.8) is 0 Å². The zero-order valence-electron chi connectivity index (χ0n) is 18.9. The van der Waals surface area contributed by atoms with Crippen LogP contribution in [-0.2, 0) is 16.3 Å². The maximum Gasteiger partial charge on any atom is 0.225 e. The molecule has 0 saturated carbocycles. The molecule has 2 aliphatic heterocycles. The van der Waals surface area contributed by atoms with Crippen molar-refractivity contribution in [1.29, 1.82) is 0 Å². The summed E-state index contributed by atoms with van der Waals surface area (Å²) in [6.07, 6.45) is 6.37. The maximum atomic E-state index is 14.8. The zero-order chi connectivity index (χ0) is 23.7. The number of benzene rings is 2. The van der Waals surface area contributed by atoms with E-state index in [4.69, 9.17) is 9.47 Å². The Labute approximate surface area is 198 Å². The van der Waals surface area contributed by atoms with Gasteiger partial charge in [-0.25, -0.2) is 22.8 Å². The fourth-order valence-electron chi connectivity index (χ4n) is 4.42. The third-order valence-electron chi connectivity index (χ3n) is 6.38. The van der Waals surface area contributed by atoms with Crippen molar-refractivity contribution < 1.29 is 22.3 Å². The third-order valence-corrected chi connectivity index (χ3v) is 7.85. The second kappa shape index (κ2) is 9.21. The van der Waals surface area contributed by atoms with Crippen LogP contribution in [0.15, 0.2) is 53.7 Å². The minimum atomic E-state index is -3.60. The molecule has 5 rings (SSSR count). The summed E-state index contributed by atoms with van der Waals surface area (Å²) in [5.74, 6) is 0.400. The maximum absolute atomic E-state index is 14.8. The highest BCUT2D eigenvalue weighted by molar-refractivity contribution is 7.91. The molecule has 3 aromatic rings. The average Bonchev–Trinajstić information content (AvgIpc) is 3.18. The molecule has 0 spiro atoms. The Morgan fingerprint density at radius 1 is 1.09 bits per heavy atom. The molecule has 178 valence electrons. The van der Waals surface area contributed by atoms with E-state index in [1.54, 1.807) is 30.3 Å². The Hall–Kier alpha value is -3.20. The summed E-state index contributed by atoms with van der Waals surface area (Å²) in [6.45, 7) is 4.01. The van der Waals surface area contributed by atoms with Gasteiger partial charge in [0.25, 0.3) is 0 Å². The Morgan fingerprint density at radius 2 is 1.79 bits per heavy atom. The van der Waals surface area contributed by atoms with Gasteiger partial charge in [0.1, 0.15) is 10.6 Å². The van der Waals surface area contributed by atoms with Crippen LogP contribution in [0.1, 0.15) is 25.3 Å². The molecular formula is C25H26FN3O4S. The van der Waals surface area contributed by atoms with E-state index in [9.17, 15) is 12.8 Å². The summed E-state index contributed by atoms with van der Waals surface area (Å²) in [4.78, 5) is 11.2. The fourth-order valence-corrected chi connectivity index (χ4v) is 5.77. The second-order valence-electron chi connectivity index (χ2n) is 8.61. The van der Waals surface area contributed by atoms with Gasteiger partial charge in [-0.2, -0.15) is 0 Å².